The fourth-order valence-corrected chi connectivity index (χ4v) is 3.50. The number of benzene rings is 3. The maximum atomic E-state index is 12.5. The topological polar surface area (TPSA) is 72.5 Å². The molecule has 3 aromatic carbocycles. The maximum Gasteiger partial charge on any atom is 0.261 e. The number of carbonyl (C=O) groups excluding carboxylic acids is 1. The van der Waals surface area contributed by atoms with Crippen molar-refractivity contribution in [2.45, 2.75) is 11.8 Å². The average molecular weight is 402 g/mol. The van der Waals surface area contributed by atoms with E-state index in [0.29, 0.717) is 27.8 Å². The van der Waals surface area contributed by atoms with Crippen LogP contribution < -0.4 is 9.46 Å². The van der Waals surface area contributed by atoms with Crippen LogP contribution in [0.4, 0.5) is 5.69 Å². The molecule has 0 aromatic heterocycles. The van der Waals surface area contributed by atoms with Gasteiger partial charge in [-0.1, -0.05) is 23.7 Å². The van der Waals surface area contributed by atoms with Crippen molar-refractivity contribution in [3.8, 4) is 11.5 Å². The lowest BCUT2D eigenvalue weighted by molar-refractivity contribution is 0.101. The molecule has 0 spiro atoms. The number of rotatable bonds is 6. The van der Waals surface area contributed by atoms with Crippen molar-refractivity contribution in [3.05, 3.63) is 83.4 Å². The first-order valence-corrected chi connectivity index (χ1v) is 9.87. The van der Waals surface area contributed by atoms with Gasteiger partial charge in [-0.25, -0.2) is 8.42 Å². The highest BCUT2D eigenvalue weighted by molar-refractivity contribution is 7.92. The molecule has 0 radical (unpaired) electrons. The predicted octanol–water partition coefficient (Wildman–Crippen LogP) is 5.14. The second-order valence-electron chi connectivity index (χ2n) is 5.77. The van der Waals surface area contributed by atoms with E-state index in [1.165, 1.54) is 31.2 Å². The van der Waals surface area contributed by atoms with Crippen LogP contribution in [0.15, 0.2) is 77.7 Å². The van der Waals surface area contributed by atoms with Crippen LogP contribution in [0.3, 0.4) is 0 Å². The lowest BCUT2D eigenvalue weighted by Crippen LogP contribution is -2.13. The Morgan fingerprint density at radius 2 is 1.37 bits per heavy atom. The summed E-state index contributed by atoms with van der Waals surface area (Å²) in [6.45, 7) is 1.43. The molecule has 0 saturated heterocycles. The number of nitrogens with one attached hydrogen (secondary N) is 1. The maximum absolute atomic E-state index is 12.5. The third-order valence-corrected chi connectivity index (χ3v) is 5.38. The van der Waals surface area contributed by atoms with E-state index in [0.717, 1.165) is 0 Å². The Morgan fingerprint density at radius 1 is 0.852 bits per heavy atom. The average Bonchev–Trinajstić information content (AvgIpc) is 2.65. The zero-order valence-corrected chi connectivity index (χ0v) is 15.9. The highest BCUT2D eigenvalue weighted by Crippen LogP contribution is 2.25. The normalized spacial score (nSPS) is 11.0. The standard InChI is InChI=1S/C20H16ClNO4S/c1-14(23)15-2-12-20(13-3-15)27(24,25)22-17-6-10-19(11-7-17)26-18-8-4-16(21)5-9-18/h2-13,22H,1H3. The number of halogens is 1. The van der Waals surface area contributed by atoms with Crippen LogP contribution in [0.2, 0.25) is 5.02 Å². The molecule has 7 heteroatoms. The second kappa shape index (κ2) is 7.82. The van der Waals surface area contributed by atoms with Gasteiger partial charge in [-0.15, -0.1) is 0 Å². The minimum Gasteiger partial charge on any atom is -0.457 e. The molecule has 3 rings (SSSR count). The zero-order valence-electron chi connectivity index (χ0n) is 14.3. The summed E-state index contributed by atoms with van der Waals surface area (Å²) in [5, 5.41) is 0.614. The number of ketones is 1. The fraction of sp³-hybridized carbons (Fsp3) is 0.0500. The van der Waals surface area contributed by atoms with Gasteiger partial charge in [0.25, 0.3) is 10.0 Å². The summed E-state index contributed by atoms with van der Waals surface area (Å²) in [5.74, 6) is 1.06. The highest BCUT2D eigenvalue weighted by Gasteiger charge is 2.14. The van der Waals surface area contributed by atoms with Gasteiger partial charge in [0.2, 0.25) is 0 Å². The lowest BCUT2D eigenvalue weighted by Gasteiger charge is -2.10. The summed E-state index contributed by atoms with van der Waals surface area (Å²) in [6, 6.07) is 19.2. The summed E-state index contributed by atoms with van der Waals surface area (Å²) in [6.07, 6.45) is 0. The zero-order chi connectivity index (χ0) is 19.4. The first-order valence-electron chi connectivity index (χ1n) is 8.01. The van der Waals surface area contributed by atoms with Crippen LogP contribution >= 0.6 is 11.6 Å². The molecule has 0 amide bonds. The number of Topliss-reactive ketones (excluding diaryl/α,β-unsaturated/α-hetero) is 1. The largest absolute Gasteiger partial charge is 0.457 e. The number of hydrogen-bond acceptors (Lipinski definition) is 4. The molecular weight excluding hydrogens is 386 g/mol. The van der Waals surface area contributed by atoms with Gasteiger partial charge in [0, 0.05) is 16.3 Å². The third-order valence-electron chi connectivity index (χ3n) is 3.73. The van der Waals surface area contributed by atoms with Gasteiger partial charge in [0.05, 0.1) is 4.90 Å². The van der Waals surface area contributed by atoms with Gasteiger partial charge in [0.1, 0.15) is 11.5 Å². The smallest absolute Gasteiger partial charge is 0.261 e. The highest BCUT2D eigenvalue weighted by atomic mass is 35.5. The molecule has 0 unspecified atom stereocenters. The van der Waals surface area contributed by atoms with Crippen molar-refractivity contribution in [2.24, 2.45) is 0 Å². The Labute approximate surface area is 162 Å². The Kier molecular flexibility index (Phi) is 5.48. The minimum absolute atomic E-state index is 0.0778. The van der Waals surface area contributed by atoms with E-state index in [-0.39, 0.29) is 10.7 Å². The first-order chi connectivity index (χ1) is 12.8. The summed E-state index contributed by atoms with van der Waals surface area (Å²) in [4.78, 5) is 11.4. The number of ether oxygens (including phenoxy) is 1. The number of anilines is 1. The molecule has 0 atom stereocenters. The second-order valence-corrected chi connectivity index (χ2v) is 7.89. The number of carbonyl (C=O) groups is 1. The van der Waals surface area contributed by atoms with E-state index in [4.69, 9.17) is 16.3 Å². The monoisotopic (exact) mass is 401 g/mol. The van der Waals surface area contributed by atoms with Crippen LogP contribution in [-0.4, -0.2) is 14.2 Å². The number of sulfonamides is 1. The molecule has 0 aliphatic carbocycles. The van der Waals surface area contributed by atoms with E-state index < -0.39 is 10.0 Å². The molecule has 0 fully saturated rings. The molecule has 0 aliphatic heterocycles. The van der Waals surface area contributed by atoms with Gasteiger partial charge >= 0.3 is 0 Å². The van der Waals surface area contributed by atoms with E-state index in [1.807, 2.05) is 0 Å². The van der Waals surface area contributed by atoms with Gasteiger partial charge in [-0.05, 0) is 67.6 Å². The van der Waals surface area contributed by atoms with Gasteiger partial charge in [0.15, 0.2) is 5.78 Å². The van der Waals surface area contributed by atoms with Crippen LogP contribution in [-0.2, 0) is 10.0 Å². The van der Waals surface area contributed by atoms with Crippen LogP contribution in [0, 0.1) is 0 Å². The number of hydrogen-bond donors (Lipinski definition) is 1. The van der Waals surface area contributed by atoms with Crippen LogP contribution in [0.1, 0.15) is 17.3 Å². The molecule has 27 heavy (non-hydrogen) atoms. The SMILES string of the molecule is CC(=O)c1ccc(S(=O)(=O)Nc2ccc(Oc3ccc(Cl)cc3)cc2)cc1. The summed E-state index contributed by atoms with van der Waals surface area (Å²) in [5.41, 5.74) is 0.853. The Bertz CT molecular complexity index is 1040. The quantitative estimate of drug-likeness (QED) is 0.581. The van der Waals surface area contributed by atoms with E-state index >= 15 is 0 Å². The molecular formula is C20H16ClNO4S. The van der Waals surface area contributed by atoms with Gasteiger partial charge in [-0.3, -0.25) is 9.52 Å². The van der Waals surface area contributed by atoms with Crippen molar-refractivity contribution < 1.29 is 17.9 Å². The van der Waals surface area contributed by atoms with Crippen molar-refractivity contribution in [1.82, 2.24) is 0 Å². The summed E-state index contributed by atoms with van der Waals surface area (Å²) >= 11 is 5.83. The van der Waals surface area contributed by atoms with Gasteiger partial charge in [-0.2, -0.15) is 0 Å². The molecule has 0 aliphatic rings. The van der Waals surface area contributed by atoms with Crippen molar-refractivity contribution in [1.29, 1.82) is 0 Å². The Balaban J connectivity index is 1.71. The Hall–Kier alpha value is -2.83. The van der Waals surface area contributed by atoms with E-state index in [2.05, 4.69) is 4.72 Å². The predicted molar refractivity (Wildman–Crippen MR) is 105 cm³/mol. The third kappa shape index (κ3) is 4.87. The molecule has 1 N–H and O–H groups in total. The van der Waals surface area contributed by atoms with Crippen LogP contribution in [0.5, 0.6) is 11.5 Å². The molecule has 3 aromatic rings. The molecule has 0 saturated carbocycles. The van der Waals surface area contributed by atoms with Crippen molar-refractivity contribution in [3.63, 3.8) is 0 Å². The van der Waals surface area contributed by atoms with Crippen LogP contribution in [0.25, 0.3) is 0 Å². The Morgan fingerprint density at radius 3 is 1.89 bits per heavy atom. The molecule has 5 nitrogen and oxygen atoms in total. The first kappa shape index (κ1) is 18.9. The lowest BCUT2D eigenvalue weighted by atomic mass is 10.2. The minimum atomic E-state index is -3.75. The molecule has 138 valence electrons. The van der Waals surface area contributed by atoms with Crippen molar-refractivity contribution in [2.75, 3.05) is 4.72 Å². The molecule has 0 heterocycles. The van der Waals surface area contributed by atoms with E-state index in [9.17, 15) is 13.2 Å². The van der Waals surface area contributed by atoms with Gasteiger partial charge < -0.3 is 4.74 Å². The fourth-order valence-electron chi connectivity index (χ4n) is 2.31. The van der Waals surface area contributed by atoms with Crippen molar-refractivity contribution >= 4 is 33.1 Å². The summed E-state index contributed by atoms with van der Waals surface area (Å²) < 4.78 is 33.1. The summed E-state index contributed by atoms with van der Waals surface area (Å²) in [7, 11) is -3.75. The van der Waals surface area contributed by atoms with E-state index in [1.54, 1.807) is 48.5 Å². The molecule has 0 bridgehead atoms.